The van der Waals surface area contributed by atoms with Crippen molar-refractivity contribution in [1.29, 1.82) is 0 Å². The van der Waals surface area contributed by atoms with Gasteiger partial charge in [-0.2, -0.15) is 4.31 Å². The summed E-state index contributed by atoms with van der Waals surface area (Å²) in [5, 5.41) is 0.766. The molecule has 2 aromatic carbocycles. The average molecular weight is 562 g/mol. The van der Waals surface area contributed by atoms with Crippen LogP contribution in [0.15, 0.2) is 71.8 Å². The molecule has 3 aliphatic heterocycles. The fourth-order valence-electron chi connectivity index (χ4n) is 6.36. The molecule has 9 nitrogen and oxygen atoms in total. The largest absolute Gasteiger partial charge is 0.341 e. The number of amides is 2. The highest BCUT2D eigenvalue weighted by molar-refractivity contribution is 7.89. The maximum atomic E-state index is 14.1. The Bertz CT molecular complexity index is 1510. The highest BCUT2D eigenvalue weighted by Gasteiger charge is 2.55. The average Bonchev–Trinajstić information content (AvgIpc) is 3.24. The number of aromatic nitrogens is 1. The monoisotopic (exact) mass is 561 g/mol. The molecule has 2 amide bonds. The van der Waals surface area contributed by atoms with Crippen molar-refractivity contribution in [3.8, 4) is 0 Å². The molecule has 6 rings (SSSR count). The normalized spacial score (nSPS) is 20.5. The first-order valence-corrected chi connectivity index (χ1v) is 15.5. The van der Waals surface area contributed by atoms with E-state index in [1.165, 1.54) is 4.31 Å². The third-order valence-electron chi connectivity index (χ3n) is 8.81. The summed E-state index contributed by atoms with van der Waals surface area (Å²) in [5.41, 5.74) is 0.443. The van der Waals surface area contributed by atoms with Crippen molar-refractivity contribution in [2.75, 3.05) is 44.3 Å². The topological polar surface area (TPSA) is 94.1 Å². The highest BCUT2D eigenvalue weighted by Crippen LogP contribution is 2.41. The van der Waals surface area contributed by atoms with Gasteiger partial charge < -0.3 is 14.7 Å². The fraction of sp³-hybridized carbons (Fsp3) is 0.433. The smallest absolute Gasteiger partial charge is 0.250 e. The van der Waals surface area contributed by atoms with Crippen LogP contribution in [-0.2, 0) is 19.6 Å². The predicted molar refractivity (Wildman–Crippen MR) is 153 cm³/mol. The van der Waals surface area contributed by atoms with Crippen molar-refractivity contribution in [3.63, 3.8) is 0 Å². The molecule has 0 radical (unpaired) electrons. The van der Waals surface area contributed by atoms with Crippen LogP contribution >= 0.6 is 0 Å². The molecule has 0 unspecified atom stereocenters. The number of anilines is 1. The Hall–Kier alpha value is -3.50. The molecule has 0 N–H and O–H groups in total. The number of pyridine rings is 1. The minimum absolute atomic E-state index is 0.0196. The third kappa shape index (κ3) is 4.62. The summed E-state index contributed by atoms with van der Waals surface area (Å²) in [4.78, 5) is 37.4. The zero-order valence-electron chi connectivity index (χ0n) is 22.8. The summed E-state index contributed by atoms with van der Waals surface area (Å²) in [6.45, 7) is 4.41. The third-order valence-corrected chi connectivity index (χ3v) is 10.7. The second kappa shape index (κ2) is 10.5. The molecule has 0 bridgehead atoms. The van der Waals surface area contributed by atoms with Crippen molar-refractivity contribution in [2.24, 2.45) is 5.92 Å². The zero-order valence-corrected chi connectivity index (χ0v) is 23.6. The number of likely N-dealkylation sites (tertiary alicyclic amines) is 1. The Morgan fingerprint density at radius 1 is 0.950 bits per heavy atom. The van der Waals surface area contributed by atoms with Gasteiger partial charge in [0.25, 0.3) is 0 Å². The van der Waals surface area contributed by atoms with Gasteiger partial charge in [0.2, 0.25) is 21.8 Å². The second-order valence-corrected chi connectivity index (χ2v) is 13.1. The minimum atomic E-state index is -3.82. The van der Waals surface area contributed by atoms with E-state index in [1.54, 1.807) is 29.3 Å². The molecule has 3 fully saturated rings. The molecular weight excluding hydrogens is 526 g/mol. The molecule has 10 heteroatoms. The molecule has 3 aromatic rings. The van der Waals surface area contributed by atoms with Gasteiger partial charge in [-0.3, -0.25) is 14.6 Å². The Labute approximate surface area is 235 Å². The summed E-state index contributed by atoms with van der Waals surface area (Å²) in [7, 11) is -3.82. The van der Waals surface area contributed by atoms with Crippen LogP contribution in [0.4, 0.5) is 5.69 Å². The summed E-state index contributed by atoms with van der Waals surface area (Å²) in [5.74, 6) is 0.494. The number of fused-ring (bicyclic) bond motifs is 1. The van der Waals surface area contributed by atoms with Crippen LogP contribution in [0.5, 0.6) is 0 Å². The number of nitrogens with zero attached hydrogens (tertiary/aromatic N) is 5. The lowest BCUT2D eigenvalue weighted by Crippen LogP contribution is -2.57. The number of carbonyl (C=O) groups is 2. The van der Waals surface area contributed by atoms with Crippen molar-refractivity contribution in [2.45, 2.75) is 43.0 Å². The van der Waals surface area contributed by atoms with Crippen LogP contribution in [-0.4, -0.2) is 84.3 Å². The maximum absolute atomic E-state index is 14.1. The number of benzene rings is 2. The number of sulfonamides is 1. The van der Waals surface area contributed by atoms with Crippen LogP contribution in [0.1, 0.15) is 32.6 Å². The number of hydrogen-bond acceptors (Lipinski definition) is 6. The fourth-order valence-corrected chi connectivity index (χ4v) is 7.97. The Morgan fingerprint density at radius 2 is 1.65 bits per heavy atom. The standard InChI is InChI=1S/C30H35N5O4S/c1-23-12-17-32(18-13-23)27(36)21-33-22-35(25-9-3-2-4-10-25)30(29(33)37)14-19-34(20-15-30)40(38,39)26-11-5-7-24-8-6-16-31-28(24)26/h2-11,16,23H,12-15,17-22H2,1H3. The molecule has 3 saturated heterocycles. The van der Waals surface area contributed by atoms with Crippen LogP contribution in [0, 0.1) is 5.92 Å². The number of para-hydroxylation sites is 2. The summed E-state index contributed by atoms with van der Waals surface area (Å²) in [6.07, 6.45) is 4.24. The van der Waals surface area contributed by atoms with Gasteiger partial charge in [0.15, 0.2) is 0 Å². The molecule has 4 heterocycles. The highest BCUT2D eigenvalue weighted by atomic mass is 32.2. The van der Waals surface area contributed by atoms with E-state index >= 15 is 0 Å². The summed E-state index contributed by atoms with van der Waals surface area (Å²) in [6, 6.07) is 18.6. The van der Waals surface area contributed by atoms with Gasteiger partial charge in [-0.15, -0.1) is 0 Å². The van der Waals surface area contributed by atoms with Gasteiger partial charge in [0.1, 0.15) is 17.0 Å². The van der Waals surface area contributed by atoms with Crippen molar-refractivity contribution in [1.82, 2.24) is 19.1 Å². The molecule has 3 aliphatic rings. The van der Waals surface area contributed by atoms with E-state index in [-0.39, 0.29) is 36.3 Å². The molecule has 40 heavy (non-hydrogen) atoms. The lowest BCUT2D eigenvalue weighted by molar-refractivity contribution is -0.141. The summed E-state index contributed by atoms with van der Waals surface area (Å²) >= 11 is 0. The van der Waals surface area contributed by atoms with Gasteiger partial charge in [0, 0.05) is 43.4 Å². The Morgan fingerprint density at radius 3 is 2.38 bits per heavy atom. The predicted octanol–water partition coefficient (Wildman–Crippen LogP) is 3.32. The van der Waals surface area contributed by atoms with Crippen LogP contribution in [0.2, 0.25) is 0 Å². The van der Waals surface area contributed by atoms with E-state index in [1.807, 2.05) is 47.4 Å². The lowest BCUT2D eigenvalue weighted by atomic mass is 9.86. The van der Waals surface area contributed by atoms with Crippen LogP contribution in [0.3, 0.4) is 0 Å². The molecule has 1 spiro atoms. The van der Waals surface area contributed by atoms with Crippen molar-refractivity contribution in [3.05, 3.63) is 66.9 Å². The molecule has 0 atom stereocenters. The van der Waals surface area contributed by atoms with Gasteiger partial charge >= 0.3 is 0 Å². The molecule has 1 aromatic heterocycles. The minimum Gasteiger partial charge on any atom is -0.341 e. The van der Waals surface area contributed by atoms with Gasteiger partial charge in [-0.25, -0.2) is 8.42 Å². The van der Waals surface area contributed by atoms with E-state index in [9.17, 15) is 18.0 Å². The number of hydrogen-bond donors (Lipinski definition) is 0. The molecule has 0 aliphatic carbocycles. The number of carbonyl (C=O) groups excluding carboxylic acids is 2. The van der Waals surface area contributed by atoms with Gasteiger partial charge in [0.05, 0.1) is 12.2 Å². The molecular formula is C30H35N5O4S. The van der Waals surface area contributed by atoms with E-state index < -0.39 is 15.6 Å². The van der Waals surface area contributed by atoms with Crippen LogP contribution in [0.25, 0.3) is 10.9 Å². The van der Waals surface area contributed by atoms with E-state index in [4.69, 9.17) is 0 Å². The van der Waals surface area contributed by atoms with Crippen molar-refractivity contribution >= 4 is 38.4 Å². The first-order chi connectivity index (χ1) is 19.3. The number of piperidine rings is 2. The van der Waals surface area contributed by atoms with Gasteiger partial charge in [-0.05, 0) is 55.9 Å². The lowest BCUT2D eigenvalue weighted by Gasteiger charge is -2.42. The first kappa shape index (κ1) is 26.7. The number of rotatable bonds is 5. The SMILES string of the molecule is CC1CCN(C(=O)CN2CN(c3ccccc3)C3(CCN(S(=O)(=O)c4cccc5cccnc45)CC3)C2=O)CC1. The van der Waals surface area contributed by atoms with E-state index in [0.717, 1.165) is 37.0 Å². The van der Waals surface area contributed by atoms with E-state index in [2.05, 4.69) is 16.8 Å². The van der Waals surface area contributed by atoms with Gasteiger partial charge in [-0.1, -0.05) is 43.3 Å². The maximum Gasteiger partial charge on any atom is 0.250 e. The quantitative estimate of drug-likeness (QED) is 0.475. The van der Waals surface area contributed by atoms with Crippen LogP contribution < -0.4 is 4.90 Å². The zero-order chi connectivity index (χ0) is 27.9. The summed E-state index contributed by atoms with van der Waals surface area (Å²) < 4.78 is 29.0. The molecule has 0 saturated carbocycles. The van der Waals surface area contributed by atoms with Crippen molar-refractivity contribution < 1.29 is 18.0 Å². The Kier molecular flexibility index (Phi) is 7.00. The Balaban J connectivity index is 1.25. The first-order valence-electron chi connectivity index (χ1n) is 14.0. The second-order valence-electron chi connectivity index (χ2n) is 11.2. The van der Waals surface area contributed by atoms with E-state index in [0.29, 0.717) is 30.9 Å². The molecule has 210 valence electrons.